The molecule has 2 rings (SSSR count). The van der Waals surface area contributed by atoms with E-state index in [9.17, 15) is 4.79 Å². The number of nitrogens with zero attached hydrogens (tertiary/aromatic N) is 1. The molecule has 114 valence electrons. The summed E-state index contributed by atoms with van der Waals surface area (Å²) in [4.78, 5) is 13.0. The molecule has 4 nitrogen and oxygen atoms in total. The van der Waals surface area contributed by atoms with Gasteiger partial charge in [-0.1, -0.05) is 22.0 Å². The number of ether oxygens (including phenoxy) is 1. The summed E-state index contributed by atoms with van der Waals surface area (Å²) in [7, 11) is 1.75. The number of aliphatic carboxylic acids is 1. The first-order valence-corrected chi connectivity index (χ1v) is 7.84. The molecule has 0 atom stereocenters. The van der Waals surface area contributed by atoms with E-state index < -0.39 is 5.97 Å². The average molecular weight is 354 g/mol. The molecule has 5 heteroatoms. The molecule has 0 saturated carbocycles. The van der Waals surface area contributed by atoms with E-state index in [1.807, 2.05) is 12.1 Å². The minimum absolute atomic E-state index is 0.622. The van der Waals surface area contributed by atoms with Crippen LogP contribution >= 0.6 is 15.9 Å². The minimum Gasteiger partial charge on any atom is -0.478 e. The Morgan fingerprint density at radius 2 is 2.19 bits per heavy atom. The highest BCUT2D eigenvalue weighted by molar-refractivity contribution is 9.10. The number of piperidine rings is 1. The van der Waals surface area contributed by atoms with Crippen LogP contribution in [0.2, 0.25) is 0 Å². The zero-order valence-corrected chi connectivity index (χ0v) is 13.7. The lowest BCUT2D eigenvalue weighted by atomic mass is 9.96. The highest BCUT2D eigenvalue weighted by Crippen LogP contribution is 2.30. The predicted molar refractivity (Wildman–Crippen MR) is 87.6 cm³/mol. The van der Waals surface area contributed by atoms with Crippen molar-refractivity contribution >= 4 is 33.7 Å². The van der Waals surface area contributed by atoms with E-state index in [4.69, 9.17) is 9.84 Å². The second-order valence-corrected chi connectivity index (χ2v) is 6.18. The van der Waals surface area contributed by atoms with E-state index in [2.05, 4.69) is 26.9 Å². The summed E-state index contributed by atoms with van der Waals surface area (Å²) in [5, 5.41) is 8.80. The number of anilines is 1. The van der Waals surface area contributed by atoms with Crippen molar-refractivity contribution in [3.05, 3.63) is 34.3 Å². The Bertz CT molecular complexity index is 522. The van der Waals surface area contributed by atoms with Crippen LogP contribution in [-0.4, -0.2) is 37.9 Å². The zero-order chi connectivity index (χ0) is 15.2. The molecule has 0 aromatic heterocycles. The Labute approximate surface area is 133 Å². The number of hydrogen-bond acceptors (Lipinski definition) is 3. The molecule has 0 spiro atoms. The molecular formula is C16H20BrNO3. The van der Waals surface area contributed by atoms with Gasteiger partial charge in [0.25, 0.3) is 0 Å². The molecule has 21 heavy (non-hydrogen) atoms. The number of hydrogen-bond donors (Lipinski definition) is 1. The number of benzene rings is 1. The van der Waals surface area contributed by atoms with Crippen molar-refractivity contribution < 1.29 is 14.6 Å². The molecule has 1 saturated heterocycles. The lowest BCUT2D eigenvalue weighted by molar-refractivity contribution is -0.131. The molecular weight excluding hydrogens is 334 g/mol. The highest BCUT2D eigenvalue weighted by Gasteiger charge is 2.20. The van der Waals surface area contributed by atoms with Crippen LogP contribution in [0.15, 0.2) is 28.7 Å². The Morgan fingerprint density at radius 1 is 1.48 bits per heavy atom. The van der Waals surface area contributed by atoms with Gasteiger partial charge in [-0.05, 0) is 42.5 Å². The van der Waals surface area contributed by atoms with Crippen LogP contribution < -0.4 is 4.90 Å². The van der Waals surface area contributed by atoms with Crippen molar-refractivity contribution in [2.45, 2.75) is 12.8 Å². The van der Waals surface area contributed by atoms with Gasteiger partial charge in [-0.2, -0.15) is 0 Å². The summed E-state index contributed by atoms with van der Waals surface area (Å²) in [5.74, 6) is -0.306. The summed E-state index contributed by atoms with van der Waals surface area (Å²) >= 11 is 3.49. The van der Waals surface area contributed by atoms with Gasteiger partial charge in [-0.25, -0.2) is 4.79 Å². The summed E-state index contributed by atoms with van der Waals surface area (Å²) in [6.45, 7) is 2.76. The minimum atomic E-state index is -0.928. The van der Waals surface area contributed by atoms with E-state index in [0.717, 1.165) is 48.3 Å². The number of carbonyl (C=O) groups is 1. The molecule has 0 bridgehead atoms. The molecule has 0 radical (unpaired) electrons. The molecule has 1 aromatic carbocycles. The monoisotopic (exact) mass is 353 g/mol. The molecule has 1 aromatic rings. The van der Waals surface area contributed by atoms with Gasteiger partial charge in [-0.15, -0.1) is 0 Å². The summed E-state index contributed by atoms with van der Waals surface area (Å²) in [6.07, 6.45) is 5.04. The van der Waals surface area contributed by atoms with Crippen molar-refractivity contribution in [1.29, 1.82) is 0 Å². The second kappa shape index (κ2) is 7.61. The molecule has 1 aliphatic heterocycles. The van der Waals surface area contributed by atoms with Gasteiger partial charge >= 0.3 is 5.97 Å². The van der Waals surface area contributed by atoms with Crippen LogP contribution in [0, 0.1) is 5.92 Å². The molecule has 1 fully saturated rings. The van der Waals surface area contributed by atoms with Gasteiger partial charge in [0.15, 0.2) is 0 Å². The first-order chi connectivity index (χ1) is 10.1. The fourth-order valence-corrected chi connectivity index (χ4v) is 3.02. The maximum atomic E-state index is 10.7. The van der Waals surface area contributed by atoms with Gasteiger partial charge in [0, 0.05) is 43.0 Å². The lowest BCUT2D eigenvalue weighted by Crippen LogP contribution is -2.35. The molecule has 1 heterocycles. The van der Waals surface area contributed by atoms with Crippen LogP contribution in [0.25, 0.3) is 6.08 Å². The Morgan fingerprint density at radius 3 is 2.81 bits per heavy atom. The number of carboxylic acid groups (broad SMARTS) is 1. The van der Waals surface area contributed by atoms with Gasteiger partial charge < -0.3 is 14.7 Å². The molecule has 0 amide bonds. The van der Waals surface area contributed by atoms with Gasteiger partial charge in [0.2, 0.25) is 0 Å². The second-order valence-electron chi connectivity index (χ2n) is 5.26. The molecule has 1 N–H and O–H groups in total. The number of halogens is 1. The summed E-state index contributed by atoms with van der Waals surface area (Å²) in [5.41, 5.74) is 2.02. The topological polar surface area (TPSA) is 49.8 Å². The van der Waals surface area contributed by atoms with Crippen molar-refractivity contribution in [3.8, 4) is 0 Å². The fraction of sp³-hybridized carbons (Fsp3) is 0.438. The van der Waals surface area contributed by atoms with Crippen LogP contribution in [0.3, 0.4) is 0 Å². The molecule has 1 aliphatic rings. The van der Waals surface area contributed by atoms with Gasteiger partial charge in [-0.3, -0.25) is 0 Å². The quantitative estimate of drug-likeness (QED) is 0.824. The van der Waals surface area contributed by atoms with Crippen LogP contribution in [-0.2, 0) is 9.53 Å². The normalized spacial score (nSPS) is 16.6. The summed E-state index contributed by atoms with van der Waals surface area (Å²) in [6, 6.07) is 5.93. The van der Waals surface area contributed by atoms with Crippen LogP contribution in [0.4, 0.5) is 5.69 Å². The smallest absolute Gasteiger partial charge is 0.328 e. The molecule has 0 aliphatic carbocycles. The number of carboxylic acids is 1. The van der Waals surface area contributed by atoms with Crippen LogP contribution in [0.5, 0.6) is 0 Å². The zero-order valence-electron chi connectivity index (χ0n) is 12.1. The van der Waals surface area contributed by atoms with E-state index in [1.54, 1.807) is 13.2 Å². The Hall–Kier alpha value is -1.33. The van der Waals surface area contributed by atoms with E-state index in [-0.39, 0.29) is 0 Å². The highest BCUT2D eigenvalue weighted by atomic mass is 79.9. The molecule has 0 unspecified atom stereocenters. The van der Waals surface area contributed by atoms with Crippen molar-refractivity contribution in [2.24, 2.45) is 5.92 Å². The van der Waals surface area contributed by atoms with E-state index >= 15 is 0 Å². The fourth-order valence-electron chi connectivity index (χ4n) is 2.67. The standard InChI is InChI=1S/C16H20BrNO3/c1-21-11-12-6-8-18(9-7-12)15-10-14(17)4-2-13(15)3-5-16(19)20/h2-5,10,12H,6-9,11H2,1H3,(H,19,20). The maximum Gasteiger partial charge on any atom is 0.328 e. The summed E-state index contributed by atoms with van der Waals surface area (Å²) < 4.78 is 6.23. The largest absolute Gasteiger partial charge is 0.478 e. The third-order valence-electron chi connectivity index (χ3n) is 3.76. The third kappa shape index (κ3) is 4.58. The Kier molecular flexibility index (Phi) is 5.82. The van der Waals surface area contributed by atoms with Crippen LogP contribution in [0.1, 0.15) is 18.4 Å². The van der Waals surface area contributed by atoms with Gasteiger partial charge in [0.05, 0.1) is 0 Å². The number of methoxy groups -OCH3 is 1. The van der Waals surface area contributed by atoms with E-state index in [0.29, 0.717) is 5.92 Å². The van der Waals surface area contributed by atoms with Crippen molar-refractivity contribution in [3.63, 3.8) is 0 Å². The average Bonchev–Trinajstić information content (AvgIpc) is 2.47. The van der Waals surface area contributed by atoms with Crippen molar-refractivity contribution in [1.82, 2.24) is 0 Å². The maximum absolute atomic E-state index is 10.7. The lowest BCUT2D eigenvalue weighted by Gasteiger charge is -2.34. The van der Waals surface area contributed by atoms with Gasteiger partial charge in [0.1, 0.15) is 0 Å². The predicted octanol–water partition coefficient (Wildman–Crippen LogP) is 3.41. The first-order valence-electron chi connectivity index (χ1n) is 7.04. The Balaban J connectivity index is 2.15. The third-order valence-corrected chi connectivity index (χ3v) is 4.25. The van der Waals surface area contributed by atoms with E-state index in [1.165, 1.54) is 6.08 Å². The first kappa shape index (κ1) is 16.0. The number of rotatable bonds is 5. The SMILES string of the molecule is COCC1CCN(c2cc(Br)ccc2C=CC(=O)O)CC1. The van der Waals surface area contributed by atoms with Crippen molar-refractivity contribution in [2.75, 3.05) is 31.7 Å².